The van der Waals surface area contributed by atoms with E-state index < -0.39 is 5.97 Å². The van der Waals surface area contributed by atoms with Crippen LogP contribution in [0.5, 0.6) is 0 Å². The molecule has 0 radical (unpaired) electrons. The van der Waals surface area contributed by atoms with Crippen LogP contribution in [0, 0.1) is 0 Å². The highest BCUT2D eigenvalue weighted by molar-refractivity contribution is 7.13. The van der Waals surface area contributed by atoms with E-state index in [1.54, 1.807) is 6.07 Å². The monoisotopic (exact) mass is 254 g/mol. The first-order valence-corrected chi connectivity index (χ1v) is 6.62. The molecule has 1 atom stereocenters. The molecule has 94 valence electrons. The van der Waals surface area contributed by atoms with E-state index in [9.17, 15) is 4.79 Å². The third kappa shape index (κ3) is 3.06. The molecule has 0 spiro atoms. The SMILES string of the molecule is CC1CN(C)CCN1Cc1ccc(C(=O)O)s1. The van der Waals surface area contributed by atoms with Crippen molar-refractivity contribution in [3.05, 3.63) is 21.9 Å². The highest BCUT2D eigenvalue weighted by atomic mass is 32.1. The molecule has 1 aromatic rings. The van der Waals surface area contributed by atoms with Gasteiger partial charge in [-0.1, -0.05) is 0 Å². The Hall–Kier alpha value is -0.910. The number of piperazine rings is 1. The van der Waals surface area contributed by atoms with Crippen LogP contribution in [0.1, 0.15) is 21.5 Å². The van der Waals surface area contributed by atoms with Crippen LogP contribution >= 0.6 is 11.3 Å². The van der Waals surface area contributed by atoms with Crippen molar-refractivity contribution in [2.24, 2.45) is 0 Å². The van der Waals surface area contributed by atoms with Crippen LogP contribution in [0.2, 0.25) is 0 Å². The minimum Gasteiger partial charge on any atom is -0.477 e. The Kier molecular flexibility index (Phi) is 3.81. The lowest BCUT2D eigenvalue weighted by Gasteiger charge is -2.37. The molecule has 2 rings (SSSR count). The van der Waals surface area contributed by atoms with Crippen molar-refractivity contribution in [3.8, 4) is 0 Å². The average Bonchev–Trinajstić information content (AvgIpc) is 2.71. The number of hydrogen-bond acceptors (Lipinski definition) is 4. The van der Waals surface area contributed by atoms with Crippen LogP contribution in [0.25, 0.3) is 0 Å². The predicted molar refractivity (Wildman–Crippen MR) is 68.6 cm³/mol. The quantitative estimate of drug-likeness (QED) is 0.889. The molecule has 1 aromatic heterocycles. The van der Waals surface area contributed by atoms with Gasteiger partial charge in [0, 0.05) is 37.1 Å². The smallest absolute Gasteiger partial charge is 0.345 e. The highest BCUT2D eigenvalue weighted by Crippen LogP contribution is 2.20. The van der Waals surface area contributed by atoms with Gasteiger partial charge < -0.3 is 10.0 Å². The number of carbonyl (C=O) groups is 1. The number of carboxylic acid groups (broad SMARTS) is 1. The summed E-state index contributed by atoms with van der Waals surface area (Å²) >= 11 is 1.38. The van der Waals surface area contributed by atoms with Crippen LogP contribution in [0.15, 0.2) is 12.1 Å². The van der Waals surface area contributed by atoms with Crippen LogP contribution in [0.4, 0.5) is 0 Å². The summed E-state index contributed by atoms with van der Waals surface area (Å²) in [6.45, 7) is 6.31. The first-order valence-electron chi connectivity index (χ1n) is 5.81. The molecule has 4 nitrogen and oxygen atoms in total. The molecule has 0 bridgehead atoms. The van der Waals surface area contributed by atoms with E-state index in [4.69, 9.17) is 5.11 Å². The third-order valence-electron chi connectivity index (χ3n) is 3.20. The van der Waals surface area contributed by atoms with Gasteiger partial charge in [0.05, 0.1) is 0 Å². The molecule has 1 N–H and O–H groups in total. The van der Waals surface area contributed by atoms with Gasteiger partial charge in [-0.2, -0.15) is 0 Å². The Morgan fingerprint density at radius 3 is 2.88 bits per heavy atom. The maximum absolute atomic E-state index is 10.8. The van der Waals surface area contributed by atoms with Crippen molar-refractivity contribution in [2.45, 2.75) is 19.5 Å². The zero-order valence-electron chi connectivity index (χ0n) is 10.2. The number of likely N-dealkylation sites (N-methyl/N-ethyl adjacent to an activating group) is 1. The fraction of sp³-hybridized carbons (Fsp3) is 0.583. The first kappa shape index (κ1) is 12.5. The van der Waals surface area contributed by atoms with E-state index in [1.807, 2.05) is 6.07 Å². The molecule has 1 aliphatic rings. The molecule has 2 heterocycles. The fourth-order valence-electron chi connectivity index (χ4n) is 2.19. The molecular weight excluding hydrogens is 236 g/mol. The number of nitrogens with zero attached hydrogens (tertiary/aromatic N) is 2. The van der Waals surface area contributed by atoms with Gasteiger partial charge in [0.2, 0.25) is 0 Å². The summed E-state index contributed by atoms with van der Waals surface area (Å²) in [5.74, 6) is -0.826. The van der Waals surface area contributed by atoms with E-state index in [1.165, 1.54) is 11.3 Å². The van der Waals surface area contributed by atoms with Crippen molar-refractivity contribution in [2.75, 3.05) is 26.7 Å². The lowest BCUT2D eigenvalue weighted by atomic mass is 10.2. The summed E-state index contributed by atoms with van der Waals surface area (Å²) in [7, 11) is 2.14. The number of carboxylic acids is 1. The second-order valence-corrected chi connectivity index (χ2v) is 5.82. The average molecular weight is 254 g/mol. The minimum absolute atomic E-state index is 0.432. The van der Waals surface area contributed by atoms with Gasteiger partial charge in [-0.25, -0.2) is 4.79 Å². The van der Waals surface area contributed by atoms with E-state index in [0.717, 1.165) is 31.1 Å². The molecule has 0 saturated carbocycles. The van der Waals surface area contributed by atoms with E-state index >= 15 is 0 Å². The van der Waals surface area contributed by atoms with Gasteiger partial charge in [-0.05, 0) is 26.1 Å². The zero-order chi connectivity index (χ0) is 12.4. The number of rotatable bonds is 3. The highest BCUT2D eigenvalue weighted by Gasteiger charge is 2.22. The van der Waals surface area contributed by atoms with Crippen molar-refractivity contribution in [1.82, 2.24) is 9.80 Å². The molecule has 0 aliphatic carbocycles. The Morgan fingerprint density at radius 1 is 1.53 bits per heavy atom. The summed E-state index contributed by atoms with van der Waals surface area (Å²) in [5.41, 5.74) is 0. The second kappa shape index (κ2) is 5.16. The van der Waals surface area contributed by atoms with Gasteiger partial charge in [0.15, 0.2) is 0 Å². The van der Waals surface area contributed by atoms with Crippen molar-refractivity contribution in [1.29, 1.82) is 0 Å². The predicted octanol–water partition coefficient (Wildman–Crippen LogP) is 1.58. The number of thiophene rings is 1. The van der Waals surface area contributed by atoms with Crippen molar-refractivity contribution >= 4 is 17.3 Å². The Morgan fingerprint density at radius 2 is 2.29 bits per heavy atom. The molecule has 1 unspecified atom stereocenters. The third-order valence-corrected chi connectivity index (χ3v) is 4.26. The number of hydrogen-bond donors (Lipinski definition) is 1. The maximum atomic E-state index is 10.8. The Bertz CT molecular complexity index is 405. The summed E-state index contributed by atoms with van der Waals surface area (Å²) in [6, 6.07) is 4.16. The normalized spacial score (nSPS) is 22.8. The Balaban J connectivity index is 1.98. The molecule has 0 aromatic carbocycles. The standard InChI is InChI=1S/C12H18N2O2S/c1-9-7-13(2)5-6-14(9)8-10-3-4-11(17-10)12(15)16/h3-4,9H,5-8H2,1-2H3,(H,15,16). The topological polar surface area (TPSA) is 43.8 Å². The maximum Gasteiger partial charge on any atom is 0.345 e. The lowest BCUT2D eigenvalue weighted by Crippen LogP contribution is -2.49. The van der Waals surface area contributed by atoms with Gasteiger partial charge in [0.25, 0.3) is 0 Å². The molecule has 17 heavy (non-hydrogen) atoms. The molecule has 0 amide bonds. The fourth-order valence-corrected chi connectivity index (χ4v) is 3.06. The molecule has 1 fully saturated rings. The van der Waals surface area contributed by atoms with Gasteiger partial charge in [-0.15, -0.1) is 11.3 Å². The van der Waals surface area contributed by atoms with E-state index in [2.05, 4.69) is 23.8 Å². The largest absolute Gasteiger partial charge is 0.477 e. The zero-order valence-corrected chi connectivity index (χ0v) is 11.0. The summed E-state index contributed by atoms with van der Waals surface area (Å²) in [6.07, 6.45) is 0. The minimum atomic E-state index is -0.826. The van der Waals surface area contributed by atoms with Gasteiger partial charge in [-0.3, -0.25) is 4.90 Å². The lowest BCUT2D eigenvalue weighted by molar-refractivity contribution is 0.0702. The molecule has 5 heteroatoms. The van der Waals surface area contributed by atoms with Crippen molar-refractivity contribution in [3.63, 3.8) is 0 Å². The summed E-state index contributed by atoms with van der Waals surface area (Å²) in [4.78, 5) is 17.1. The number of aromatic carboxylic acids is 1. The van der Waals surface area contributed by atoms with Gasteiger partial charge in [0.1, 0.15) is 4.88 Å². The molecule has 1 saturated heterocycles. The molecular formula is C12H18N2O2S. The Labute approximate surface area is 105 Å². The van der Waals surface area contributed by atoms with Crippen molar-refractivity contribution < 1.29 is 9.90 Å². The second-order valence-electron chi connectivity index (χ2n) is 4.65. The van der Waals surface area contributed by atoms with Crippen LogP contribution in [-0.2, 0) is 6.54 Å². The summed E-state index contributed by atoms with van der Waals surface area (Å²) < 4.78 is 0. The first-order chi connectivity index (χ1) is 8.06. The summed E-state index contributed by atoms with van der Waals surface area (Å²) in [5, 5.41) is 8.88. The van der Waals surface area contributed by atoms with Crippen LogP contribution < -0.4 is 0 Å². The molecule has 1 aliphatic heterocycles. The van der Waals surface area contributed by atoms with Crippen LogP contribution in [-0.4, -0.2) is 53.6 Å². The van der Waals surface area contributed by atoms with Gasteiger partial charge >= 0.3 is 5.97 Å². The van der Waals surface area contributed by atoms with E-state index in [0.29, 0.717) is 10.9 Å². The van der Waals surface area contributed by atoms with E-state index in [-0.39, 0.29) is 0 Å². The van der Waals surface area contributed by atoms with Crippen LogP contribution in [0.3, 0.4) is 0 Å².